The molecular weight excluding hydrogens is 472 g/mol. The van der Waals surface area contributed by atoms with Gasteiger partial charge in [-0.2, -0.15) is 5.26 Å². The molecule has 3 heterocycles. The number of piperidine rings is 1. The zero-order valence-corrected chi connectivity index (χ0v) is 20.5. The van der Waals surface area contributed by atoms with Gasteiger partial charge < -0.3 is 16.0 Å². The summed E-state index contributed by atoms with van der Waals surface area (Å²) in [5, 5.41) is 12.5. The average molecular weight is 499 g/mol. The summed E-state index contributed by atoms with van der Waals surface area (Å²) in [6, 6.07) is 20.8. The molecule has 36 heavy (non-hydrogen) atoms. The molecule has 0 radical (unpaired) electrons. The fourth-order valence-corrected chi connectivity index (χ4v) is 5.45. The molecule has 1 fully saturated rings. The number of nitrogens with two attached hydrogens (primary N) is 1. The molecule has 2 aromatic heterocycles. The number of hydrogen-bond donors (Lipinski definition) is 2. The monoisotopic (exact) mass is 498 g/mol. The van der Waals surface area contributed by atoms with E-state index in [0.717, 1.165) is 41.9 Å². The highest BCUT2D eigenvalue weighted by Gasteiger charge is 2.24. The molecule has 0 aliphatic carbocycles. The van der Waals surface area contributed by atoms with Crippen LogP contribution in [0.4, 0.5) is 5.95 Å². The van der Waals surface area contributed by atoms with Crippen LogP contribution in [-0.4, -0.2) is 34.6 Å². The molecular formula is C27H26N6O2S. The van der Waals surface area contributed by atoms with E-state index in [2.05, 4.69) is 11.4 Å². The van der Waals surface area contributed by atoms with Crippen LogP contribution in [0.3, 0.4) is 0 Å². The first-order valence-corrected chi connectivity index (χ1v) is 12.7. The van der Waals surface area contributed by atoms with Crippen LogP contribution in [0.25, 0.3) is 10.2 Å². The van der Waals surface area contributed by atoms with E-state index in [1.165, 1.54) is 0 Å². The summed E-state index contributed by atoms with van der Waals surface area (Å²) < 4.78 is 2.03. The second-order valence-corrected chi connectivity index (χ2v) is 9.97. The van der Waals surface area contributed by atoms with E-state index in [9.17, 15) is 14.9 Å². The number of hydrogen-bond acceptors (Lipinski definition) is 7. The second kappa shape index (κ2) is 10.3. The van der Waals surface area contributed by atoms with Gasteiger partial charge >= 0.3 is 0 Å². The number of carbonyl (C=O) groups excluding carboxylic acids is 1. The summed E-state index contributed by atoms with van der Waals surface area (Å²) in [6.07, 6.45) is 1.82. The van der Waals surface area contributed by atoms with Crippen LogP contribution >= 0.6 is 11.3 Å². The maximum absolute atomic E-state index is 13.8. The number of fused-ring (bicyclic) bond motifs is 1. The van der Waals surface area contributed by atoms with Gasteiger partial charge in [0.05, 0.1) is 28.6 Å². The lowest BCUT2D eigenvalue weighted by molar-refractivity contribution is 0.0955. The van der Waals surface area contributed by atoms with E-state index in [1.54, 1.807) is 22.8 Å². The van der Waals surface area contributed by atoms with Crippen molar-refractivity contribution in [3.05, 3.63) is 92.6 Å². The largest absolute Gasteiger partial charge is 0.347 e. The first kappa shape index (κ1) is 23.7. The van der Waals surface area contributed by atoms with E-state index in [4.69, 9.17) is 10.7 Å². The Morgan fingerprint density at radius 3 is 2.75 bits per heavy atom. The Labute approximate surface area is 212 Å². The predicted molar refractivity (Wildman–Crippen MR) is 141 cm³/mol. The van der Waals surface area contributed by atoms with Crippen molar-refractivity contribution in [2.45, 2.75) is 32.0 Å². The van der Waals surface area contributed by atoms with Gasteiger partial charge in [-0.25, -0.2) is 4.98 Å². The van der Waals surface area contributed by atoms with Crippen LogP contribution < -0.4 is 21.5 Å². The van der Waals surface area contributed by atoms with Gasteiger partial charge in [0, 0.05) is 25.7 Å². The summed E-state index contributed by atoms with van der Waals surface area (Å²) >= 11 is 1.14. The molecule has 9 heteroatoms. The number of aromatic nitrogens is 2. The van der Waals surface area contributed by atoms with E-state index >= 15 is 0 Å². The normalized spacial score (nSPS) is 15.6. The fraction of sp³-hybridized carbons (Fsp3) is 0.259. The molecule has 1 amide bonds. The number of nitriles is 1. The number of rotatable bonds is 6. The van der Waals surface area contributed by atoms with Crippen molar-refractivity contribution in [3.63, 3.8) is 0 Å². The summed E-state index contributed by atoms with van der Waals surface area (Å²) in [5.74, 6) is 0.272. The highest BCUT2D eigenvalue weighted by Crippen LogP contribution is 2.26. The minimum atomic E-state index is -0.246. The summed E-state index contributed by atoms with van der Waals surface area (Å²) in [4.78, 5) is 34.0. The molecule has 1 unspecified atom stereocenters. The molecule has 8 nitrogen and oxygen atoms in total. The van der Waals surface area contributed by atoms with Gasteiger partial charge in [-0.3, -0.25) is 14.2 Å². The molecule has 1 atom stereocenters. The third-order valence-corrected chi connectivity index (χ3v) is 7.45. The lowest BCUT2D eigenvalue weighted by Gasteiger charge is -2.33. The Bertz CT molecular complexity index is 1500. The molecule has 3 N–H and O–H groups in total. The van der Waals surface area contributed by atoms with Gasteiger partial charge in [-0.1, -0.05) is 48.5 Å². The summed E-state index contributed by atoms with van der Waals surface area (Å²) in [6.45, 7) is 1.93. The Balaban J connectivity index is 1.54. The molecule has 182 valence electrons. The van der Waals surface area contributed by atoms with E-state index in [1.807, 2.05) is 47.4 Å². The Kier molecular flexibility index (Phi) is 6.80. The van der Waals surface area contributed by atoms with E-state index in [0.29, 0.717) is 39.7 Å². The van der Waals surface area contributed by atoms with Crippen LogP contribution in [0.2, 0.25) is 0 Å². The Morgan fingerprint density at radius 1 is 1.19 bits per heavy atom. The van der Waals surface area contributed by atoms with Gasteiger partial charge in [0.2, 0.25) is 5.95 Å². The van der Waals surface area contributed by atoms with Gasteiger partial charge in [-0.05, 0) is 36.1 Å². The first-order valence-electron chi connectivity index (χ1n) is 11.9. The zero-order chi connectivity index (χ0) is 25.1. The quantitative estimate of drug-likeness (QED) is 0.422. The topological polar surface area (TPSA) is 117 Å². The van der Waals surface area contributed by atoms with Crippen LogP contribution in [0, 0.1) is 11.3 Å². The van der Waals surface area contributed by atoms with Crippen molar-refractivity contribution in [2.75, 3.05) is 18.0 Å². The predicted octanol–water partition coefficient (Wildman–Crippen LogP) is 3.24. The molecule has 0 bridgehead atoms. The van der Waals surface area contributed by atoms with Crippen LogP contribution in [-0.2, 0) is 13.1 Å². The first-order chi connectivity index (χ1) is 17.5. The minimum absolute atomic E-state index is 0.00649. The van der Waals surface area contributed by atoms with E-state index < -0.39 is 0 Å². The number of nitrogens with one attached hydrogen (secondary N) is 1. The van der Waals surface area contributed by atoms with Crippen molar-refractivity contribution in [1.82, 2.24) is 14.9 Å². The number of amides is 1. The number of benzene rings is 2. The minimum Gasteiger partial charge on any atom is -0.347 e. The average Bonchev–Trinajstić information content (AvgIpc) is 3.34. The third kappa shape index (κ3) is 4.87. The molecule has 1 saturated heterocycles. The number of nitrogens with zero attached hydrogens (tertiary/aromatic N) is 4. The highest BCUT2D eigenvalue weighted by atomic mass is 32.1. The van der Waals surface area contributed by atoms with Crippen molar-refractivity contribution < 1.29 is 4.79 Å². The molecule has 2 aromatic carbocycles. The standard InChI is InChI=1S/C27H26N6O2S/c28-14-19-9-4-5-10-20(19)16-33-26(35)24-22(31-27(33)32-12-6-11-21(29)17-32)13-23(36-24)25(34)30-15-18-7-2-1-3-8-18/h1-5,7-10,13,21H,6,11-12,15-17,29H2,(H,30,34). The maximum atomic E-state index is 13.8. The van der Waals surface area contributed by atoms with Crippen LogP contribution in [0.5, 0.6) is 0 Å². The smallest absolute Gasteiger partial charge is 0.273 e. The highest BCUT2D eigenvalue weighted by molar-refractivity contribution is 7.20. The third-order valence-electron chi connectivity index (χ3n) is 6.34. The van der Waals surface area contributed by atoms with Crippen LogP contribution in [0.1, 0.15) is 39.2 Å². The second-order valence-electron chi connectivity index (χ2n) is 8.91. The molecule has 0 saturated carbocycles. The number of thiophene rings is 1. The van der Waals surface area contributed by atoms with Crippen molar-refractivity contribution >= 4 is 33.4 Å². The Hall–Kier alpha value is -4.00. The summed E-state index contributed by atoms with van der Waals surface area (Å²) in [5.41, 5.74) is 8.75. The lowest BCUT2D eigenvalue weighted by atomic mass is 10.1. The van der Waals surface area contributed by atoms with Crippen molar-refractivity contribution in [3.8, 4) is 6.07 Å². The van der Waals surface area contributed by atoms with Gasteiger partial charge in [0.1, 0.15) is 4.70 Å². The lowest BCUT2D eigenvalue weighted by Crippen LogP contribution is -2.45. The molecule has 4 aromatic rings. The van der Waals surface area contributed by atoms with Crippen LogP contribution in [0.15, 0.2) is 65.5 Å². The number of anilines is 1. The SMILES string of the molecule is N#Cc1ccccc1Cn1c(N2CCCC(N)C2)nc2cc(C(=O)NCc3ccccc3)sc2c1=O. The van der Waals surface area contributed by atoms with Crippen molar-refractivity contribution in [2.24, 2.45) is 5.73 Å². The van der Waals surface area contributed by atoms with Gasteiger partial charge in [0.15, 0.2) is 0 Å². The molecule has 1 aliphatic rings. The van der Waals surface area contributed by atoms with Crippen molar-refractivity contribution in [1.29, 1.82) is 5.26 Å². The molecule has 5 rings (SSSR count). The van der Waals surface area contributed by atoms with E-state index in [-0.39, 0.29) is 24.1 Å². The zero-order valence-electron chi connectivity index (χ0n) is 19.7. The maximum Gasteiger partial charge on any atom is 0.273 e. The van der Waals surface area contributed by atoms with Gasteiger partial charge in [-0.15, -0.1) is 11.3 Å². The fourth-order valence-electron chi connectivity index (χ4n) is 4.49. The summed E-state index contributed by atoms with van der Waals surface area (Å²) in [7, 11) is 0. The Morgan fingerprint density at radius 2 is 1.97 bits per heavy atom. The van der Waals surface area contributed by atoms with Gasteiger partial charge in [0.25, 0.3) is 11.5 Å². The molecule has 1 aliphatic heterocycles. The molecule has 0 spiro atoms. The number of carbonyl (C=O) groups is 1.